The molecule has 1 atom stereocenters. The third-order valence-corrected chi connectivity index (χ3v) is 5.49. The zero-order chi connectivity index (χ0) is 17.9. The third kappa shape index (κ3) is 3.92. The van der Waals surface area contributed by atoms with Crippen molar-refractivity contribution in [3.8, 4) is 17.6 Å². The Morgan fingerprint density at radius 2 is 1.88 bits per heavy atom. The number of ether oxygens (including phenoxy) is 2. The molecule has 1 aliphatic rings. The highest BCUT2D eigenvalue weighted by Crippen LogP contribution is 2.35. The molecular weight excluding hydrogens is 340 g/mol. The fourth-order valence-corrected chi connectivity index (χ4v) is 3.62. The molecule has 0 aromatic heterocycles. The smallest absolute Gasteiger partial charge is 0.240 e. The fourth-order valence-electron chi connectivity index (χ4n) is 2.57. The summed E-state index contributed by atoms with van der Waals surface area (Å²) < 4.78 is 37.7. The average Bonchev–Trinajstić information content (AvgIpc) is 3.07. The summed E-state index contributed by atoms with van der Waals surface area (Å²) in [6.45, 7) is 2.24. The summed E-state index contributed by atoms with van der Waals surface area (Å²) in [6.07, 6.45) is 0.362. The third-order valence-electron chi connectivity index (χ3n) is 4.01. The Hall–Kier alpha value is -2.56. The molecule has 0 unspecified atom stereocenters. The number of hydrogen-bond donors (Lipinski definition) is 1. The zero-order valence-corrected chi connectivity index (χ0v) is 14.5. The predicted octanol–water partition coefficient (Wildman–Crippen LogP) is 2.70. The molecule has 6 nitrogen and oxygen atoms in total. The lowest BCUT2D eigenvalue weighted by Crippen LogP contribution is -2.25. The summed E-state index contributed by atoms with van der Waals surface area (Å²) in [5, 5.41) is 9.41. The molecule has 7 heteroatoms. The number of rotatable bonds is 6. The molecule has 0 fully saturated rings. The first-order valence-corrected chi connectivity index (χ1v) is 9.33. The van der Waals surface area contributed by atoms with Gasteiger partial charge in [0.25, 0.3) is 0 Å². The van der Waals surface area contributed by atoms with Gasteiger partial charge in [0, 0.05) is 6.54 Å². The summed E-state index contributed by atoms with van der Waals surface area (Å²) in [4.78, 5) is 0.217. The van der Waals surface area contributed by atoms with Crippen molar-refractivity contribution in [2.24, 2.45) is 0 Å². The fraction of sp³-hybridized carbons (Fsp3) is 0.278. The molecule has 0 saturated carbocycles. The van der Waals surface area contributed by atoms with Gasteiger partial charge in [0.1, 0.15) is 0 Å². The van der Waals surface area contributed by atoms with Crippen molar-refractivity contribution in [2.45, 2.75) is 24.2 Å². The van der Waals surface area contributed by atoms with E-state index in [0.29, 0.717) is 17.9 Å². The van der Waals surface area contributed by atoms with Crippen LogP contribution in [-0.4, -0.2) is 21.8 Å². The number of aryl methyl sites for hydroxylation is 1. The van der Waals surface area contributed by atoms with Crippen LogP contribution in [0, 0.1) is 18.3 Å². The van der Waals surface area contributed by atoms with Gasteiger partial charge in [-0.15, -0.1) is 0 Å². The maximum absolute atomic E-state index is 12.3. The minimum atomic E-state index is -3.58. The molecule has 1 aliphatic heterocycles. The van der Waals surface area contributed by atoms with Gasteiger partial charge in [0.2, 0.25) is 16.8 Å². The summed E-state index contributed by atoms with van der Waals surface area (Å²) in [7, 11) is -3.58. The van der Waals surface area contributed by atoms with Crippen LogP contribution >= 0.6 is 0 Å². The predicted molar refractivity (Wildman–Crippen MR) is 91.9 cm³/mol. The molecule has 1 N–H and O–H groups in total. The number of benzene rings is 2. The molecule has 25 heavy (non-hydrogen) atoms. The Bertz CT molecular complexity index is 902. The molecule has 0 amide bonds. The van der Waals surface area contributed by atoms with Crippen molar-refractivity contribution in [3.05, 3.63) is 53.6 Å². The van der Waals surface area contributed by atoms with Gasteiger partial charge in [-0.1, -0.05) is 23.8 Å². The quantitative estimate of drug-likeness (QED) is 0.858. The topological polar surface area (TPSA) is 88.4 Å². The van der Waals surface area contributed by atoms with E-state index in [1.54, 1.807) is 42.5 Å². The van der Waals surface area contributed by atoms with Gasteiger partial charge in [-0.2, -0.15) is 5.26 Å². The average molecular weight is 358 g/mol. The first kappa shape index (κ1) is 17.3. The van der Waals surface area contributed by atoms with Crippen LogP contribution in [0.25, 0.3) is 0 Å². The van der Waals surface area contributed by atoms with Gasteiger partial charge in [0.15, 0.2) is 11.5 Å². The maximum Gasteiger partial charge on any atom is 0.240 e. The molecular formula is C18H18N2O4S. The monoisotopic (exact) mass is 358 g/mol. The normalized spacial score (nSPS) is 14.1. The number of nitrogens with one attached hydrogen (secondary N) is 1. The molecule has 2 aromatic carbocycles. The van der Waals surface area contributed by atoms with Gasteiger partial charge in [-0.25, -0.2) is 13.1 Å². The molecule has 0 radical (unpaired) electrons. The van der Waals surface area contributed by atoms with E-state index < -0.39 is 15.9 Å². The van der Waals surface area contributed by atoms with E-state index in [2.05, 4.69) is 10.8 Å². The van der Waals surface area contributed by atoms with Crippen LogP contribution in [0.3, 0.4) is 0 Å². The molecule has 0 saturated heterocycles. The summed E-state index contributed by atoms with van der Waals surface area (Å²) in [5.74, 6) is 0.828. The van der Waals surface area contributed by atoms with Crippen LogP contribution in [0.2, 0.25) is 0 Å². The Kier molecular flexibility index (Phi) is 4.93. The second-order valence-corrected chi connectivity index (χ2v) is 7.56. The van der Waals surface area contributed by atoms with Crippen LogP contribution in [0.5, 0.6) is 11.5 Å². The number of fused-ring (bicyclic) bond motifs is 1. The lowest BCUT2D eigenvalue weighted by molar-refractivity contribution is 0.174. The first-order chi connectivity index (χ1) is 12.0. The lowest BCUT2D eigenvalue weighted by atomic mass is 9.97. The molecule has 130 valence electrons. The minimum Gasteiger partial charge on any atom is -0.454 e. The number of sulfonamides is 1. The Balaban J connectivity index is 1.64. The summed E-state index contributed by atoms with van der Waals surface area (Å²) in [6, 6.07) is 14.2. The zero-order valence-electron chi connectivity index (χ0n) is 13.7. The van der Waals surface area contributed by atoms with Crippen LogP contribution in [0.1, 0.15) is 23.5 Å². The van der Waals surface area contributed by atoms with E-state index in [4.69, 9.17) is 9.47 Å². The van der Waals surface area contributed by atoms with Gasteiger partial charge in [0.05, 0.1) is 16.9 Å². The second-order valence-electron chi connectivity index (χ2n) is 5.79. The highest BCUT2D eigenvalue weighted by atomic mass is 32.2. The number of hydrogen-bond acceptors (Lipinski definition) is 5. The molecule has 0 spiro atoms. The van der Waals surface area contributed by atoms with Crippen molar-refractivity contribution in [2.75, 3.05) is 13.3 Å². The highest BCUT2D eigenvalue weighted by molar-refractivity contribution is 7.89. The van der Waals surface area contributed by atoms with E-state index in [0.717, 1.165) is 11.1 Å². The van der Waals surface area contributed by atoms with Gasteiger partial charge < -0.3 is 9.47 Å². The summed E-state index contributed by atoms with van der Waals surface area (Å²) in [5.41, 5.74) is 1.77. The van der Waals surface area contributed by atoms with Gasteiger partial charge in [-0.05, 0) is 43.2 Å². The second kappa shape index (κ2) is 7.13. The van der Waals surface area contributed by atoms with E-state index in [-0.39, 0.29) is 18.2 Å². The van der Waals surface area contributed by atoms with Crippen molar-refractivity contribution in [1.29, 1.82) is 5.26 Å². The van der Waals surface area contributed by atoms with E-state index in [9.17, 15) is 13.7 Å². The lowest BCUT2D eigenvalue weighted by Gasteiger charge is -2.11. The maximum atomic E-state index is 12.3. The van der Waals surface area contributed by atoms with Crippen LogP contribution < -0.4 is 14.2 Å². The molecule has 3 rings (SSSR count). The van der Waals surface area contributed by atoms with Crippen LogP contribution in [0.15, 0.2) is 47.4 Å². The van der Waals surface area contributed by atoms with Crippen molar-refractivity contribution < 1.29 is 17.9 Å². The van der Waals surface area contributed by atoms with E-state index in [1.165, 1.54) is 0 Å². The van der Waals surface area contributed by atoms with Crippen LogP contribution in [-0.2, 0) is 10.0 Å². The van der Waals surface area contributed by atoms with E-state index >= 15 is 0 Å². The molecule has 0 bridgehead atoms. The van der Waals surface area contributed by atoms with Crippen molar-refractivity contribution in [1.82, 2.24) is 4.72 Å². The summed E-state index contributed by atoms with van der Waals surface area (Å²) >= 11 is 0. The van der Waals surface area contributed by atoms with Crippen LogP contribution in [0.4, 0.5) is 0 Å². The minimum absolute atomic E-state index is 0.170. The Morgan fingerprint density at radius 1 is 1.16 bits per heavy atom. The SMILES string of the molecule is Cc1ccc(S(=O)(=O)NCC[C@@H](C#N)c2ccc3c(c2)OCO3)cc1. The molecule has 1 heterocycles. The van der Waals surface area contributed by atoms with Crippen molar-refractivity contribution >= 4 is 10.0 Å². The van der Waals surface area contributed by atoms with E-state index in [1.807, 2.05) is 6.92 Å². The van der Waals surface area contributed by atoms with Crippen molar-refractivity contribution in [3.63, 3.8) is 0 Å². The number of nitrogens with zero attached hydrogens (tertiary/aromatic N) is 1. The van der Waals surface area contributed by atoms with Gasteiger partial charge >= 0.3 is 0 Å². The Labute approximate surface area is 147 Å². The number of nitriles is 1. The standard InChI is InChI=1S/C18H18N2O4S/c1-13-2-5-16(6-3-13)25(21,22)20-9-8-15(11-19)14-4-7-17-18(10-14)24-12-23-17/h2-7,10,15,20H,8-9,12H2,1H3/t15-/m0/s1. The van der Waals surface area contributed by atoms with Gasteiger partial charge in [-0.3, -0.25) is 0 Å². The molecule has 2 aromatic rings. The largest absolute Gasteiger partial charge is 0.454 e. The highest BCUT2D eigenvalue weighted by Gasteiger charge is 2.19. The first-order valence-electron chi connectivity index (χ1n) is 7.85. The molecule has 0 aliphatic carbocycles. The Morgan fingerprint density at radius 3 is 2.60 bits per heavy atom.